The number of nitrogen functional groups attached to an aromatic ring is 1. The highest BCUT2D eigenvalue weighted by Gasteiger charge is 2.25. The number of aromatic nitrogens is 2. The molecular weight excluding hydrogens is 334 g/mol. The van der Waals surface area contributed by atoms with Crippen molar-refractivity contribution in [1.29, 1.82) is 0 Å². The van der Waals surface area contributed by atoms with Crippen LogP contribution in [0.1, 0.15) is 0 Å². The van der Waals surface area contributed by atoms with Gasteiger partial charge in [0.15, 0.2) is 5.16 Å². The first-order chi connectivity index (χ1) is 6.63. The van der Waals surface area contributed by atoms with Crippen LogP contribution in [-0.2, 0) is 6.54 Å². The highest BCUT2D eigenvalue weighted by molar-refractivity contribution is 9.10. The average Bonchev–Trinajstić information content (AvgIpc) is 2.57. The molecule has 2 rings (SSSR count). The summed E-state index contributed by atoms with van der Waals surface area (Å²) < 4.78 is 2.22. The second kappa shape index (κ2) is 3.86. The molecule has 7 heteroatoms. The van der Waals surface area contributed by atoms with Crippen molar-refractivity contribution in [3.63, 3.8) is 0 Å². The first kappa shape index (κ1) is 10.5. The zero-order valence-electron chi connectivity index (χ0n) is 7.04. The van der Waals surface area contributed by atoms with Crippen molar-refractivity contribution in [2.75, 3.05) is 11.1 Å². The summed E-state index contributed by atoms with van der Waals surface area (Å²) in [5.74, 6) is 0.468. The third-order valence-electron chi connectivity index (χ3n) is 1.96. The fourth-order valence-electron chi connectivity index (χ4n) is 1.26. The van der Waals surface area contributed by atoms with Gasteiger partial charge in [0.05, 0.1) is 0 Å². The summed E-state index contributed by atoms with van der Waals surface area (Å²) >= 11 is 8.11. The number of hydrogen-bond donors (Lipinski definition) is 1. The lowest BCUT2D eigenvalue weighted by Crippen LogP contribution is -2.18. The monoisotopic (exact) mass is 339 g/mol. The Morgan fingerprint density at radius 2 is 2.43 bits per heavy atom. The number of fused-ring (bicyclic) bond motifs is 1. The second-order valence-corrected chi connectivity index (χ2v) is 5.61. The van der Waals surface area contributed by atoms with E-state index in [-0.39, 0.29) is 5.56 Å². The Kier molecular flexibility index (Phi) is 2.90. The Morgan fingerprint density at radius 1 is 1.71 bits per heavy atom. The van der Waals surface area contributed by atoms with Crippen LogP contribution in [0.2, 0.25) is 0 Å². The van der Waals surface area contributed by atoms with Gasteiger partial charge < -0.3 is 10.3 Å². The van der Waals surface area contributed by atoms with E-state index in [4.69, 9.17) is 5.73 Å². The van der Waals surface area contributed by atoms with Crippen molar-refractivity contribution >= 4 is 49.4 Å². The third-order valence-corrected chi connectivity index (χ3v) is 5.09. The maximum absolute atomic E-state index is 11.3. The quantitative estimate of drug-likeness (QED) is 0.621. The van der Waals surface area contributed by atoms with Crippen molar-refractivity contribution in [2.24, 2.45) is 0 Å². The van der Waals surface area contributed by atoms with Crippen molar-refractivity contribution < 1.29 is 0 Å². The van der Waals surface area contributed by atoms with Crippen molar-refractivity contribution in [2.45, 2.75) is 17.0 Å². The van der Waals surface area contributed by atoms with E-state index in [0.717, 1.165) is 11.9 Å². The maximum atomic E-state index is 11.3. The largest absolute Gasteiger partial charge is 0.384 e. The van der Waals surface area contributed by atoms with Crippen molar-refractivity contribution in [3.05, 3.63) is 14.8 Å². The van der Waals surface area contributed by atoms with Gasteiger partial charge in [-0.05, 0) is 15.9 Å². The fourth-order valence-corrected chi connectivity index (χ4v) is 3.19. The number of thioether (sulfide) groups is 1. The molecule has 0 radical (unpaired) electrons. The molecule has 2 N–H and O–H groups in total. The molecule has 76 valence electrons. The van der Waals surface area contributed by atoms with E-state index in [1.165, 1.54) is 0 Å². The Balaban J connectivity index is 2.53. The molecule has 0 amide bonds. The number of halogens is 2. The predicted octanol–water partition coefficient (Wildman–Crippen LogP) is 1.46. The van der Waals surface area contributed by atoms with Gasteiger partial charge in [0.1, 0.15) is 10.3 Å². The van der Waals surface area contributed by atoms with Crippen LogP contribution in [0, 0.1) is 0 Å². The molecule has 0 spiro atoms. The van der Waals surface area contributed by atoms with Crippen LogP contribution in [0.4, 0.5) is 5.82 Å². The van der Waals surface area contributed by atoms with Crippen LogP contribution >= 0.6 is 43.6 Å². The first-order valence-corrected chi connectivity index (χ1v) is 6.71. The molecule has 0 bridgehead atoms. The van der Waals surface area contributed by atoms with Crippen LogP contribution in [0.5, 0.6) is 0 Å². The predicted molar refractivity (Wildman–Crippen MR) is 64.0 cm³/mol. The molecule has 1 atom stereocenters. The molecule has 0 saturated carbocycles. The number of rotatable bonds is 1. The molecule has 1 aliphatic heterocycles. The summed E-state index contributed by atoms with van der Waals surface area (Å²) in [5.41, 5.74) is 5.50. The summed E-state index contributed by atoms with van der Waals surface area (Å²) in [5, 5.41) is 1.98. The summed E-state index contributed by atoms with van der Waals surface area (Å²) in [4.78, 5) is 15.3. The normalized spacial score (nSPS) is 19.7. The van der Waals surface area contributed by atoms with Crippen LogP contribution < -0.4 is 11.3 Å². The van der Waals surface area contributed by atoms with Gasteiger partial charge in [0.25, 0.3) is 5.56 Å². The maximum Gasteiger partial charge on any atom is 0.290 e. The Morgan fingerprint density at radius 3 is 3.07 bits per heavy atom. The summed E-state index contributed by atoms with van der Waals surface area (Å²) in [6, 6.07) is 0. The molecular formula is C7H7Br2N3OS. The minimum atomic E-state index is -0.295. The topological polar surface area (TPSA) is 60.9 Å². The lowest BCUT2D eigenvalue weighted by Gasteiger charge is -2.07. The van der Waals surface area contributed by atoms with Gasteiger partial charge in [-0.1, -0.05) is 27.7 Å². The molecule has 0 aromatic carbocycles. The van der Waals surface area contributed by atoms with Crippen LogP contribution in [0.15, 0.2) is 14.4 Å². The number of nitrogens with zero attached hydrogens (tertiary/aromatic N) is 2. The smallest absolute Gasteiger partial charge is 0.290 e. The molecule has 1 aliphatic rings. The molecule has 1 aromatic rings. The van der Waals surface area contributed by atoms with E-state index in [1.807, 2.05) is 4.57 Å². The lowest BCUT2D eigenvalue weighted by molar-refractivity contribution is 0.647. The zero-order valence-corrected chi connectivity index (χ0v) is 11.0. The SMILES string of the molecule is Nc1c(Br)c(=O)nc2n1CC(CBr)S2. The van der Waals surface area contributed by atoms with E-state index < -0.39 is 0 Å². The van der Waals surface area contributed by atoms with E-state index in [0.29, 0.717) is 20.7 Å². The number of hydrogen-bond acceptors (Lipinski definition) is 4. The highest BCUT2D eigenvalue weighted by atomic mass is 79.9. The molecule has 0 aliphatic carbocycles. The Bertz CT molecular complexity index is 434. The van der Waals surface area contributed by atoms with Gasteiger partial charge >= 0.3 is 0 Å². The standard InChI is InChI=1S/C7H7Br2N3OS/c8-1-3-2-12-5(10)4(9)6(13)11-7(12)14-3/h3H,1-2,10H2. The third kappa shape index (κ3) is 1.61. The molecule has 1 unspecified atom stereocenters. The van der Waals surface area contributed by atoms with E-state index in [2.05, 4.69) is 36.8 Å². The van der Waals surface area contributed by atoms with Gasteiger partial charge in [-0.25, -0.2) is 0 Å². The van der Waals surface area contributed by atoms with E-state index in [9.17, 15) is 4.79 Å². The second-order valence-electron chi connectivity index (χ2n) is 2.90. The minimum absolute atomic E-state index is 0.295. The van der Waals surface area contributed by atoms with Gasteiger partial charge in [-0.3, -0.25) is 4.79 Å². The fraction of sp³-hybridized carbons (Fsp3) is 0.429. The summed E-state index contributed by atoms with van der Waals surface area (Å²) in [6.07, 6.45) is 0. The summed E-state index contributed by atoms with van der Waals surface area (Å²) in [7, 11) is 0. The Labute approximate surface area is 102 Å². The van der Waals surface area contributed by atoms with Gasteiger partial charge in [-0.15, -0.1) is 0 Å². The van der Waals surface area contributed by atoms with Crippen LogP contribution in [0.25, 0.3) is 0 Å². The van der Waals surface area contributed by atoms with Gasteiger partial charge in [-0.2, -0.15) is 4.98 Å². The van der Waals surface area contributed by atoms with E-state index in [1.54, 1.807) is 11.8 Å². The van der Waals surface area contributed by atoms with E-state index >= 15 is 0 Å². The molecule has 0 fully saturated rings. The van der Waals surface area contributed by atoms with Crippen molar-refractivity contribution in [1.82, 2.24) is 9.55 Å². The highest BCUT2D eigenvalue weighted by Crippen LogP contribution is 2.33. The van der Waals surface area contributed by atoms with Gasteiger partial charge in [0.2, 0.25) is 0 Å². The minimum Gasteiger partial charge on any atom is -0.384 e. The number of anilines is 1. The summed E-state index contributed by atoms with van der Waals surface area (Å²) in [6.45, 7) is 0.795. The molecule has 0 saturated heterocycles. The van der Waals surface area contributed by atoms with Gasteiger partial charge in [0, 0.05) is 17.1 Å². The van der Waals surface area contributed by atoms with Crippen LogP contribution in [0.3, 0.4) is 0 Å². The number of alkyl halides is 1. The number of nitrogens with two attached hydrogens (primary N) is 1. The molecule has 14 heavy (non-hydrogen) atoms. The molecule has 1 aromatic heterocycles. The first-order valence-electron chi connectivity index (χ1n) is 3.92. The van der Waals surface area contributed by atoms with Crippen LogP contribution in [-0.4, -0.2) is 20.1 Å². The molecule has 2 heterocycles. The Hall–Kier alpha value is -0.0100. The van der Waals surface area contributed by atoms with Crippen molar-refractivity contribution in [3.8, 4) is 0 Å². The zero-order chi connectivity index (χ0) is 10.3. The molecule has 4 nitrogen and oxygen atoms in total. The lowest BCUT2D eigenvalue weighted by atomic mass is 10.4. The average molecular weight is 341 g/mol.